The van der Waals surface area contributed by atoms with Crippen LogP contribution in [0.25, 0.3) is 33.2 Å². The van der Waals surface area contributed by atoms with Crippen LogP contribution in [0.4, 0.5) is 0 Å². The van der Waals surface area contributed by atoms with E-state index in [1.54, 1.807) is 12.3 Å². The first-order valence-electron chi connectivity index (χ1n) is 12.2. The molecule has 0 fully saturated rings. The molecule has 0 N–H and O–H groups in total. The Morgan fingerprint density at radius 2 is 1.83 bits per heavy atom. The van der Waals surface area contributed by atoms with Gasteiger partial charge in [0, 0.05) is 20.4 Å². The number of fused-ring (bicyclic) bond motifs is 5. The fraction of sp³-hybridized carbons (Fsp3) is 0.407. The monoisotopic (exact) mass is 402 g/mol. The van der Waals surface area contributed by atoms with Crippen molar-refractivity contribution in [3.63, 3.8) is 0 Å². The second-order valence-electron chi connectivity index (χ2n) is 10.1. The Bertz CT molecular complexity index is 1430. The van der Waals surface area contributed by atoms with Crippen molar-refractivity contribution in [2.75, 3.05) is 0 Å². The van der Waals surface area contributed by atoms with E-state index >= 15 is 0 Å². The predicted octanol–water partition coefficient (Wildman–Crippen LogP) is 6.44. The lowest BCUT2D eigenvalue weighted by Gasteiger charge is -2.41. The van der Waals surface area contributed by atoms with Gasteiger partial charge >= 0.3 is 0 Å². The van der Waals surface area contributed by atoms with Gasteiger partial charge in [0.25, 0.3) is 0 Å². The van der Waals surface area contributed by atoms with E-state index in [1.165, 1.54) is 11.1 Å². The highest BCUT2D eigenvalue weighted by Crippen LogP contribution is 2.51. The van der Waals surface area contributed by atoms with Crippen LogP contribution in [0.5, 0.6) is 0 Å². The first kappa shape index (κ1) is 16.1. The number of rotatable bonds is 1. The Morgan fingerprint density at radius 1 is 1.07 bits per heavy atom. The number of aryl methyl sites for hydroxylation is 3. The van der Waals surface area contributed by atoms with E-state index in [-0.39, 0.29) is 10.8 Å². The van der Waals surface area contributed by atoms with Gasteiger partial charge in [0.15, 0.2) is 6.20 Å². The summed E-state index contributed by atoms with van der Waals surface area (Å²) in [6, 6.07) is 6.07. The molecule has 0 unspecified atom stereocenters. The number of benzene rings is 2. The highest BCUT2D eigenvalue weighted by Gasteiger charge is 2.39. The van der Waals surface area contributed by atoms with E-state index in [9.17, 15) is 0 Å². The number of hydrogen-bond acceptors (Lipinski definition) is 2. The van der Waals surface area contributed by atoms with E-state index in [4.69, 9.17) is 8.53 Å². The average Bonchev–Trinajstić information content (AvgIpc) is 3.09. The van der Waals surface area contributed by atoms with Crippen LogP contribution in [0.2, 0.25) is 0 Å². The molecule has 30 heavy (non-hydrogen) atoms. The largest absolute Gasteiger partial charge is 0.455 e. The number of aromatic nitrogens is 2. The van der Waals surface area contributed by atoms with Crippen LogP contribution in [-0.4, -0.2) is 4.98 Å². The van der Waals surface area contributed by atoms with Crippen LogP contribution in [0.3, 0.4) is 0 Å². The molecule has 0 atom stereocenters. The molecule has 0 radical (unpaired) electrons. The second-order valence-corrected chi connectivity index (χ2v) is 10.1. The molecule has 4 aromatic rings. The molecule has 0 saturated heterocycles. The maximum absolute atomic E-state index is 8.29. The normalized spacial score (nSPS) is 19.3. The molecule has 154 valence electrons. The molecule has 0 bridgehead atoms. The topological polar surface area (TPSA) is 29.9 Å². The van der Waals surface area contributed by atoms with Crippen molar-refractivity contribution in [3.8, 4) is 11.3 Å². The van der Waals surface area contributed by atoms with Gasteiger partial charge in [0.1, 0.15) is 18.2 Å². The zero-order valence-corrected chi connectivity index (χ0v) is 18.7. The Hall–Kier alpha value is -2.68. The van der Waals surface area contributed by atoms with Gasteiger partial charge < -0.3 is 4.42 Å². The summed E-state index contributed by atoms with van der Waals surface area (Å²) in [7, 11) is 1.97. The quantitative estimate of drug-likeness (QED) is 0.343. The molecular weight excluding hydrogens is 368 g/mol. The third-order valence-corrected chi connectivity index (χ3v) is 7.10. The Kier molecular flexibility index (Phi) is 3.30. The summed E-state index contributed by atoms with van der Waals surface area (Å²) in [4.78, 5) is 4.33. The molecular formula is C27H31N2O+. The fourth-order valence-electron chi connectivity index (χ4n) is 5.25. The van der Waals surface area contributed by atoms with E-state index in [0.29, 0.717) is 16.5 Å². The average molecular weight is 403 g/mol. The van der Waals surface area contributed by atoms with Crippen molar-refractivity contribution >= 4 is 21.9 Å². The van der Waals surface area contributed by atoms with Crippen LogP contribution in [0.15, 0.2) is 41.2 Å². The van der Waals surface area contributed by atoms with Crippen LogP contribution < -0.4 is 4.57 Å². The van der Waals surface area contributed by atoms with Gasteiger partial charge in [-0.25, -0.2) is 0 Å². The minimum absolute atomic E-state index is 0.0411. The molecule has 3 nitrogen and oxygen atoms in total. The van der Waals surface area contributed by atoms with Gasteiger partial charge in [0.2, 0.25) is 5.69 Å². The zero-order valence-electron chi connectivity index (χ0n) is 21.7. The van der Waals surface area contributed by atoms with E-state index in [1.807, 2.05) is 30.9 Å². The highest BCUT2D eigenvalue weighted by molar-refractivity contribution is 6.12. The Labute approximate surface area is 183 Å². The zero-order chi connectivity index (χ0) is 23.9. The van der Waals surface area contributed by atoms with E-state index < -0.39 is 6.85 Å². The minimum Gasteiger partial charge on any atom is -0.455 e. The van der Waals surface area contributed by atoms with Gasteiger partial charge in [-0.1, -0.05) is 45.9 Å². The lowest BCUT2D eigenvalue weighted by atomic mass is 9.63. The first-order valence-corrected chi connectivity index (χ1v) is 10.7. The van der Waals surface area contributed by atoms with Gasteiger partial charge in [-0.05, 0) is 54.1 Å². The van der Waals surface area contributed by atoms with Gasteiger partial charge in [-0.15, -0.1) is 0 Å². The standard InChI is InChI=1S/C27H31N2O/c1-16-14-17(2)22(20-15-28-12-13-29(20)7)25-21(16)18-8-9-19-23(24(18)30-25)27(5,6)11-10-26(19,3)4/h8-9,12-15H,10-11H2,1-7H3/q+1/i1D3. The smallest absolute Gasteiger partial charge is 0.234 e. The summed E-state index contributed by atoms with van der Waals surface area (Å²) < 4.78 is 33.6. The van der Waals surface area contributed by atoms with E-state index in [2.05, 4.69) is 44.8 Å². The maximum atomic E-state index is 8.29. The Morgan fingerprint density at radius 3 is 2.57 bits per heavy atom. The predicted molar refractivity (Wildman–Crippen MR) is 123 cm³/mol. The molecule has 2 heterocycles. The summed E-state index contributed by atoms with van der Waals surface area (Å²) in [6.45, 7) is 8.81. The van der Waals surface area contributed by atoms with Crippen molar-refractivity contribution in [1.29, 1.82) is 0 Å². The number of furan rings is 1. The van der Waals surface area contributed by atoms with Crippen LogP contribution in [-0.2, 0) is 17.9 Å². The van der Waals surface area contributed by atoms with Crippen molar-refractivity contribution in [2.45, 2.75) is 65.1 Å². The maximum Gasteiger partial charge on any atom is 0.234 e. The number of nitrogens with zero attached hydrogens (tertiary/aromatic N) is 2. The number of hydrogen-bond donors (Lipinski definition) is 0. The third kappa shape index (κ3) is 2.57. The molecule has 3 heteroatoms. The summed E-state index contributed by atoms with van der Waals surface area (Å²) in [5, 5.41) is 1.57. The highest BCUT2D eigenvalue weighted by atomic mass is 16.3. The third-order valence-electron chi connectivity index (χ3n) is 7.10. The molecule has 2 aromatic heterocycles. The molecule has 0 saturated carbocycles. The van der Waals surface area contributed by atoms with Gasteiger partial charge in [-0.3, -0.25) is 4.98 Å². The van der Waals surface area contributed by atoms with Gasteiger partial charge in [-0.2, -0.15) is 4.57 Å². The van der Waals surface area contributed by atoms with Crippen molar-refractivity contribution in [1.82, 2.24) is 4.98 Å². The molecule has 0 amide bonds. The summed E-state index contributed by atoms with van der Waals surface area (Å²) in [5.74, 6) is 0. The lowest BCUT2D eigenvalue weighted by molar-refractivity contribution is -0.660. The van der Waals surface area contributed by atoms with Crippen molar-refractivity contribution in [2.24, 2.45) is 7.05 Å². The molecule has 1 aliphatic rings. The molecule has 0 spiro atoms. The molecule has 1 aliphatic carbocycles. The first-order chi connectivity index (χ1) is 15.3. The van der Waals surface area contributed by atoms with E-state index in [0.717, 1.165) is 40.6 Å². The molecule has 5 rings (SSSR count). The minimum atomic E-state index is -2.25. The second kappa shape index (κ2) is 6.16. The summed E-state index contributed by atoms with van der Waals surface area (Å²) in [6.07, 6.45) is 7.61. The lowest BCUT2D eigenvalue weighted by Crippen LogP contribution is -2.33. The summed E-state index contributed by atoms with van der Waals surface area (Å²) in [5.41, 5.74) is 6.94. The van der Waals surface area contributed by atoms with Crippen molar-refractivity contribution in [3.05, 3.63) is 59.0 Å². The van der Waals surface area contributed by atoms with Crippen molar-refractivity contribution < 1.29 is 13.1 Å². The molecule has 2 aromatic carbocycles. The molecule has 0 aliphatic heterocycles. The van der Waals surface area contributed by atoms with Crippen LogP contribution in [0.1, 0.15) is 66.9 Å². The van der Waals surface area contributed by atoms with Crippen LogP contribution in [0, 0.1) is 13.8 Å². The Balaban J connectivity index is 2.01. The van der Waals surface area contributed by atoms with Gasteiger partial charge in [0.05, 0.1) is 18.0 Å². The fourth-order valence-corrected chi connectivity index (χ4v) is 5.25. The van der Waals surface area contributed by atoms with Crippen LogP contribution >= 0.6 is 0 Å². The summed E-state index contributed by atoms with van der Waals surface area (Å²) >= 11 is 0. The SMILES string of the molecule is [2H]C([2H])([2H])c1cc(C)c(-c2cncc[n+]2C)c2oc3c4c(ccc3c12)C(C)(C)CCC4(C)C.